The lowest BCUT2D eigenvalue weighted by molar-refractivity contribution is -0.139. The van der Waals surface area contributed by atoms with Crippen LogP contribution in [0.2, 0.25) is 0 Å². The predicted octanol–water partition coefficient (Wildman–Crippen LogP) is 0.108. The molecular formula is C12H10O3. The molecule has 0 bridgehead atoms. The third-order valence-electron chi connectivity index (χ3n) is 1.01. The predicted molar refractivity (Wildman–Crippen MR) is 56.2 cm³/mol. The molecule has 0 aromatic rings. The van der Waals surface area contributed by atoms with Gasteiger partial charge in [0.2, 0.25) is 0 Å². The quantitative estimate of drug-likeness (QED) is 0.510. The summed E-state index contributed by atoms with van der Waals surface area (Å²) in [6, 6.07) is 0. The molecule has 0 aromatic carbocycles. The van der Waals surface area contributed by atoms with E-state index in [1.54, 1.807) is 6.08 Å². The van der Waals surface area contributed by atoms with Gasteiger partial charge in [-0.1, -0.05) is 11.8 Å². The number of aliphatic hydroxyl groups excluding tert-OH is 1. The van der Waals surface area contributed by atoms with Crippen LogP contribution in [0.15, 0.2) is 12.2 Å². The number of allylic oxidation sites excluding steroid dienone is 1. The monoisotopic (exact) mass is 202 g/mol. The average molecular weight is 202 g/mol. The highest BCUT2D eigenvalue weighted by Crippen LogP contribution is 1.77. The van der Waals surface area contributed by atoms with Gasteiger partial charge in [0.05, 0.1) is 0 Å². The molecule has 0 saturated heterocycles. The molecule has 1 N–H and O–H groups in total. The lowest BCUT2D eigenvalue weighted by Gasteiger charge is -1.91. The SMILES string of the molecule is CC(=O)OC/C=C/C#CC#CC#CCO. The van der Waals surface area contributed by atoms with Gasteiger partial charge in [0, 0.05) is 6.92 Å². The van der Waals surface area contributed by atoms with E-state index in [-0.39, 0.29) is 19.2 Å². The van der Waals surface area contributed by atoms with E-state index in [1.165, 1.54) is 13.0 Å². The molecule has 0 aliphatic carbocycles. The number of aliphatic hydroxyl groups is 1. The van der Waals surface area contributed by atoms with Crippen molar-refractivity contribution in [1.29, 1.82) is 0 Å². The first-order chi connectivity index (χ1) is 7.27. The van der Waals surface area contributed by atoms with Crippen LogP contribution in [0.4, 0.5) is 0 Å². The molecule has 0 spiro atoms. The van der Waals surface area contributed by atoms with Crippen molar-refractivity contribution in [3.63, 3.8) is 0 Å². The zero-order valence-corrected chi connectivity index (χ0v) is 8.33. The zero-order chi connectivity index (χ0) is 11.4. The third-order valence-corrected chi connectivity index (χ3v) is 1.01. The second-order valence-electron chi connectivity index (χ2n) is 2.18. The topological polar surface area (TPSA) is 46.5 Å². The van der Waals surface area contributed by atoms with Crippen LogP contribution in [0, 0.1) is 35.5 Å². The Kier molecular flexibility index (Phi) is 8.51. The minimum atomic E-state index is -0.327. The number of esters is 1. The minimum Gasteiger partial charge on any atom is -0.462 e. The standard InChI is InChI=1S/C12H10O3/c1-12(14)15-11-9-7-5-3-2-4-6-8-10-13/h7,9,13H,10-11H2,1H3/b9-7+. The van der Waals surface area contributed by atoms with Crippen LogP contribution in [0.5, 0.6) is 0 Å². The van der Waals surface area contributed by atoms with Crippen LogP contribution in [0.25, 0.3) is 0 Å². The number of carbonyl (C=O) groups excluding carboxylic acids is 1. The Morgan fingerprint density at radius 1 is 1.33 bits per heavy atom. The molecule has 0 aromatic heterocycles. The van der Waals surface area contributed by atoms with Crippen molar-refractivity contribution in [2.75, 3.05) is 13.2 Å². The fourth-order valence-electron chi connectivity index (χ4n) is 0.496. The summed E-state index contributed by atoms with van der Waals surface area (Å²) in [6.45, 7) is 1.34. The number of hydrogen-bond donors (Lipinski definition) is 1. The van der Waals surface area contributed by atoms with Gasteiger partial charge in [-0.2, -0.15) is 0 Å². The van der Waals surface area contributed by atoms with Gasteiger partial charge < -0.3 is 9.84 Å². The highest BCUT2D eigenvalue weighted by atomic mass is 16.5. The van der Waals surface area contributed by atoms with Crippen molar-refractivity contribution in [2.24, 2.45) is 0 Å². The Morgan fingerprint density at radius 3 is 2.73 bits per heavy atom. The van der Waals surface area contributed by atoms with E-state index in [1.807, 2.05) is 0 Å². The summed E-state index contributed by atoms with van der Waals surface area (Å²) in [6.07, 6.45) is 3.15. The van der Waals surface area contributed by atoms with Crippen LogP contribution in [-0.2, 0) is 9.53 Å². The summed E-state index contributed by atoms with van der Waals surface area (Å²) in [7, 11) is 0. The number of ether oxygens (including phenoxy) is 1. The maximum atomic E-state index is 10.3. The maximum Gasteiger partial charge on any atom is 0.302 e. The molecule has 0 fully saturated rings. The van der Waals surface area contributed by atoms with Crippen molar-refractivity contribution < 1.29 is 14.6 Å². The van der Waals surface area contributed by atoms with E-state index in [4.69, 9.17) is 5.11 Å². The van der Waals surface area contributed by atoms with Crippen molar-refractivity contribution in [2.45, 2.75) is 6.92 Å². The molecule has 0 amide bonds. The first-order valence-corrected chi connectivity index (χ1v) is 4.15. The Labute approximate surface area is 89.1 Å². The van der Waals surface area contributed by atoms with Gasteiger partial charge in [-0.15, -0.1) is 0 Å². The van der Waals surface area contributed by atoms with Gasteiger partial charge >= 0.3 is 5.97 Å². The van der Waals surface area contributed by atoms with E-state index < -0.39 is 0 Å². The Bertz CT molecular complexity index is 399. The fourth-order valence-corrected chi connectivity index (χ4v) is 0.496. The molecule has 0 radical (unpaired) electrons. The molecular weight excluding hydrogens is 192 g/mol. The summed E-state index contributed by atoms with van der Waals surface area (Å²) in [5, 5.41) is 8.28. The van der Waals surface area contributed by atoms with E-state index in [0.29, 0.717) is 0 Å². The Balaban J connectivity index is 3.78. The number of rotatable bonds is 2. The van der Waals surface area contributed by atoms with Crippen molar-refractivity contribution in [1.82, 2.24) is 0 Å². The molecule has 0 aliphatic heterocycles. The molecule has 0 saturated carbocycles. The lowest BCUT2D eigenvalue weighted by atomic mass is 10.4. The largest absolute Gasteiger partial charge is 0.462 e. The molecule has 3 heteroatoms. The molecule has 0 heterocycles. The van der Waals surface area contributed by atoms with Gasteiger partial charge in [0.1, 0.15) is 13.2 Å². The van der Waals surface area contributed by atoms with Gasteiger partial charge in [0.15, 0.2) is 0 Å². The second kappa shape index (κ2) is 9.93. The highest BCUT2D eigenvalue weighted by molar-refractivity contribution is 5.66. The molecule has 0 aliphatic rings. The zero-order valence-electron chi connectivity index (χ0n) is 8.33. The number of hydrogen-bond acceptors (Lipinski definition) is 3. The highest BCUT2D eigenvalue weighted by Gasteiger charge is 1.84. The van der Waals surface area contributed by atoms with Gasteiger partial charge in [-0.05, 0) is 35.8 Å². The van der Waals surface area contributed by atoms with Crippen LogP contribution >= 0.6 is 0 Å². The van der Waals surface area contributed by atoms with Gasteiger partial charge in [-0.3, -0.25) is 4.79 Å². The average Bonchev–Trinajstić information content (AvgIpc) is 2.20. The maximum absolute atomic E-state index is 10.3. The van der Waals surface area contributed by atoms with Crippen LogP contribution in [0.3, 0.4) is 0 Å². The smallest absolute Gasteiger partial charge is 0.302 e. The summed E-state index contributed by atoms with van der Waals surface area (Å²) >= 11 is 0. The van der Waals surface area contributed by atoms with Crippen LogP contribution in [0.1, 0.15) is 6.92 Å². The van der Waals surface area contributed by atoms with Crippen molar-refractivity contribution in [3.05, 3.63) is 12.2 Å². The summed E-state index contributed by atoms with van der Waals surface area (Å²) in [5.41, 5.74) is 0. The van der Waals surface area contributed by atoms with E-state index in [0.717, 1.165) is 0 Å². The Morgan fingerprint density at radius 2 is 2.07 bits per heavy atom. The summed E-state index contributed by atoms with van der Waals surface area (Å²) in [4.78, 5) is 10.3. The van der Waals surface area contributed by atoms with E-state index in [9.17, 15) is 4.79 Å². The fraction of sp³-hybridized carbons (Fsp3) is 0.250. The van der Waals surface area contributed by atoms with E-state index >= 15 is 0 Å². The van der Waals surface area contributed by atoms with Gasteiger partial charge in [-0.25, -0.2) is 0 Å². The minimum absolute atomic E-state index is 0.204. The first-order valence-electron chi connectivity index (χ1n) is 4.15. The first kappa shape index (κ1) is 12.8. The molecule has 0 atom stereocenters. The van der Waals surface area contributed by atoms with Crippen molar-refractivity contribution >= 4 is 5.97 Å². The molecule has 76 valence electrons. The van der Waals surface area contributed by atoms with Crippen LogP contribution in [-0.4, -0.2) is 24.3 Å². The van der Waals surface area contributed by atoms with E-state index in [2.05, 4.69) is 40.3 Å². The lowest BCUT2D eigenvalue weighted by Crippen LogP contribution is -1.96. The number of carbonyl (C=O) groups is 1. The second-order valence-corrected chi connectivity index (χ2v) is 2.18. The van der Waals surface area contributed by atoms with Crippen LogP contribution < -0.4 is 0 Å². The third kappa shape index (κ3) is 11.9. The molecule has 0 unspecified atom stereocenters. The molecule has 3 nitrogen and oxygen atoms in total. The Hall–Kier alpha value is -2.15. The molecule has 0 rings (SSSR count). The molecule has 15 heavy (non-hydrogen) atoms. The summed E-state index contributed by atoms with van der Waals surface area (Å²) in [5.74, 6) is 14.4. The van der Waals surface area contributed by atoms with Gasteiger partial charge in [0.25, 0.3) is 0 Å². The van der Waals surface area contributed by atoms with Crippen molar-refractivity contribution in [3.8, 4) is 35.5 Å². The normalized spacial score (nSPS) is 7.60. The summed E-state index contributed by atoms with van der Waals surface area (Å²) < 4.78 is 4.62.